The zero-order valence-corrected chi connectivity index (χ0v) is 14.8. The van der Waals surface area contributed by atoms with Gasteiger partial charge in [-0.1, -0.05) is 51.1 Å². The van der Waals surface area contributed by atoms with E-state index in [2.05, 4.69) is 67.6 Å². The first-order valence-electron chi connectivity index (χ1n) is 7.07. The van der Waals surface area contributed by atoms with E-state index >= 15 is 0 Å². The molecule has 0 bridgehead atoms. The monoisotopic (exact) mass is 397 g/mol. The minimum Gasteiger partial charge on any atom is -0.324 e. The second kappa shape index (κ2) is 6.44. The highest BCUT2D eigenvalue weighted by atomic mass is 127. The fourth-order valence-corrected chi connectivity index (χ4v) is 3.18. The van der Waals surface area contributed by atoms with Crippen LogP contribution in [-0.4, -0.2) is 0 Å². The predicted molar refractivity (Wildman–Crippen MR) is 94.9 cm³/mol. The molecule has 1 atom stereocenters. The first-order valence-corrected chi connectivity index (χ1v) is 8.15. The number of rotatable bonds is 3. The van der Waals surface area contributed by atoms with E-state index in [9.17, 15) is 4.39 Å². The van der Waals surface area contributed by atoms with Crippen LogP contribution < -0.4 is 5.73 Å². The van der Waals surface area contributed by atoms with Gasteiger partial charge in [-0.25, -0.2) is 4.39 Å². The molecular formula is C18H21FIN. The molecule has 1 unspecified atom stereocenters. The Morgan fingerprint density at radius 3 is 2.24 bits per heavy atom. The van der Waals surface area contributed by atoms with Gasteiger partial charge < -0.3 is 5.73 Å². The lowest BCUT2D eigenvalue weighted by molar-refractivity contribution is 0.589. The molecular weight excluding hydrogens is 376 g/mol. The summed E-state index contributed by atoms with van der Waals surface area (Å²) in [6, 6.07) is 13.3. The average Bonchev–Trinajstić information content (AvgIpc) is 2.38. The highest BCUT2D eigenvalue weighted by Gasteiger charge is 2.14. The Morgan fingerprint density at radius 2 is 1.71 bits per heavy atom. The minimum atomic E-state index is -0.218. The Bertz CT molecular complexity index is 614. The average molecular weight is 397 g/mol. The maximum Gasteiger partial charge on any atom is 0.124 e. The molecule has 2 aromatic carbocycles. The maximum atomic E-state index is 13.1. The SMILES string of the molecule is CC(C)(C)c1ccc(CC(N)c2ccc(F)cc2I)cc1. The van der Waals surface area contributed by atoms with E-state index in [0.29, 0.717) is 0 Å². The first kappa shape index (κ1) is 16.4. The Morgan fingerprint density at radius 1 is 1.10 bits per heavy atom. The minimum absolute atomic E-state index is 0.113. The molecule has 3 heteroatoms. The lowest BCUT2D eigenvalue weighted by atomic mass is 9.86. The normalized spacial score (nSPS) is 13.2. The molecule has 0 aliphatic carbocycles. The van der Waals surface area contributed by atoms with Crippen molar-refractivity contribution in [3.63, 3.8) is 0 Å². The van der Waals surface area contributed by atoms with Crippen molar-refractivity contribution in [3.05, 3.63) is 68.5 Å². The number of nitrogens with two attached hydrogens (primary N) is 1. The number of hydrogen-bond donors (Lipinski definition) is 1. The predicted octanol–water partition coefficient (Wildman–Crippen LogP) is 4.97. The van der Waals surface area contributed by atoms with E-state index in [-0.39, 0.29) is 17.3 Å². The van der Waals surface area contributed by atoms with Crippen molar-refractivity contribution in [2.75, 3.05) is 0 Å². The molecule has 112 valence electrons. The Hall–Kier alpha value is -0.940. The third-order valence-corrected chi connectivity index (χ3v) is 4.57. The molecule has 0 spiro atoms. The van der Waals surface area contributed by atoms with E-state index in [1.807, 2.05) is 0 Å². The van der Waals surface area contributed by atoms with Crippen LogP contribution in [0.25, 0.3) is 0 Å². The van der Waals surface area contributed by atoms with Gasteiger partial charge in [0.2, 0.25) is 0 Å². The van der Waals surface area contributed by atoms with E-state index < -0.39 is 0 Å². The van der Waals surface area contributed by atoms with E-state index in [1.165, 1.54) is 23.3 Å². The zero-order chi connectivity index (χ0) is 15.6. The summed E-state index contributed by atoms with van der Waals surface area (Å²) in [5.41, 5.74) is 9.95. The molecule has 0 amide bonds. The van der Waals surface area contributed by atoms with Crippen LogP contribution in [-0.2, 0) is 11.8 Å². The summed E-state index contributed by atoms with van der Waals surface area (Å²) in [5.74, 6) is -0.218. The molecule has 21 heavy (non-hydrogen) atoms. The van der Waals surface area contributed by atoms with Crippen LogP contribution in [0.15, 0.2) is 42.5 Å². The van der Waals surface area contributed by atoms with Gasteiger partial charge in [-0.15, -0.1) is 0 Å². The maximum absolute atomic E-state index is 13.1. The van der Waals surface area contributed by atoms with Crippen LogP contribution in [0.3, 0.4) is 0 Å². The summed E-state index contributed by atoms with van der Waals surface area (Å²) >= 11 is 2.14. The van der Waals surface area contributed by atoms with E-state index in [0.717, 1.165) is 15.6 Å². The number of hydrogen-bond acceptors (Lipinski definition) is 1. The van der Waals surface area contributed by atoms with Gasteiger partial charge in [0.05, 0.1) is 0 Å². The third kappa shape index (κ3) is 4.27. The van der Waals surface area contributed by atoms with Crippen LogP contribution in [0.1, 0.15) is 43.5 Å². The fraction of sp³-hybridized carbons (Fsp3) is 0.333. The van der Waals surface area contributed by atoms with E-state index in [4.69, 9.17) is 5.73 Å². The van der Waals surface area contributed by atoms with Crippen LogP contribution in [0.5, 0.6) is 0 Å². The highest BCUT2D eigenvalue weighted by Crippen LogP contribution is 2.25. The van der Waals surface area contributed by atoms with Gasteiger partial charge in [0, 0.05) is 9.61 Å². The van der Waals surface area contributed by atoms with Gasteiger partial charge in [0.15, 0.2) is 0 Å². The highest BCUT2D eigenvalue weighted by molar-refractivity contribution is 14.1. The van der Waals surface area contributed by atoms with Gasteiger partial charge in [-0.2, -0.15) is 0 Å². The quantitative estimate of drug-likeness (QED) is 0.728. The van der Waals surface area contributed by atoms with Crippen molar-refractivity contribution in [1.82, 2.24) is 0 Å². The second-order valence-corrected chi connectivity index (χ2v) is 7.59. The first-order chi connectivity index (χ1) is 9.77. The van der Waals surface area contributed by atoms with Crippen molar-refractivity contribution >= 4 is 22.6 Å². The molecule has 0 heterocycles. The topological polar surface area (TPSA) is 26.0 Å². The summed E-state index contributed by atoms with van der Waals surface area (Å²) < 4.78 is 14.0. The van der Waals surface area contributed by atoms with Gasteiger partial charge in [0.1, 0.15) is 5.82 Å². The molecule has 0 aliphatic heterocycles. The fourth-order valence-electron chi connectivity index (χ4n) is 2.31. The van der Waals surface area contributed by atoms with Crippen molar-refractivity contribution in [2.24, 2.45) is 5.73 Å². The van der Waals surface area contributed by atoms with Crippen LogP contribution in [0.4, 0.5) is 4.39 Å². The Balaban J connectivity index is 2.14. The summed E-state index contributed by atoms with van der Waals surface area (Å²) in [4.78, 5) is 0. The largest absolute Gasteiger partial charge is 0.324 e. The molecule has 2 aromatic rings. The van der Waals surface area contributed by atoms with Gasteiger partial charge >= 0.3 is 0 Å². The molecule has 0 aliphatic rings. The van der Waals surface area contributed by atoms with Gasteiger partial charge in [-0.3, -0.25) is 0 Å². The molecule has 0 saturated carbocycles. The smallest absolute Gasteiger partial charge is 0.124 e. The van der Waals surface area contributed by atoms with Crippen molar-refractivity contribution in [2.45, 2.75) is 38.6 Å². The summed E-state index contributed by atoms with van der Waals surface area (Å²) in [5, 5.41) is 0. The molecule has 2 N–H and O–H groups in total. The van der Waals surface area contributed by atoms with Crippen LogP contribution in [0.2, 0.25) is 0 Å². The van der Waals surface area contributed by atoms with Crippen molar-refractivity contribution < 1.29 is 4.39 Å². The number of benzene rings is 2. The van der Waals surface area contributed by atoms with Gasteiger partial charge in [0.25, 0.3) is 0 Å². The zero-order valence-electron chi connectivity index (χ0n) is 12.7. The molecule has 1 nitrogen and oxygen atoms in total. The van der Waals surface area contributed by atoms with Gasteiger partial charge in [-0.05, 0) is 63.2 Å². The lowest BCUT2D eigenvalue weighted by Crippen LogP contribution is -2.15. The molecule has 0 radical (unpaired) electrons. The van der Waals surface area contributed by atoms with Crippen molar-refractivity contribution in [1.29, 1.82) is 0 Å². The standard InChI is InChI=1S/C18H21FIN/c1-18(2,3)13-6-4-12(5-7-13)10-17(21)15-9-8-14(19)11-16(15)20/h4-9,11,17H,10,21H2,1-3H3. The van der Waals surface area contributed by atoms with E-state index in [1.54, 1.807) is 6.07 Å². The van der Waals surface area contributed by atoms with Crippen molar-refractivity contribution in [3.8, 4) is 0 Å². The lowest BCUT2D eigenvalue weighted by Gasteiger charge is -2.20. The van der Waals surface area contributed by atoms with Crippen LogP contribution in [0, 0.1) is 9.39 Å². The molecule has 0 fully saturated rings. The Labute approximate surface area is 139 Å². The van der Waals surface area contributed by atoms with Crippen LogP contribution >= 0.6 is 22.6 Å². The summed E-state index contributed by atoms with van der Waals surface area (Å²) in [6.07, 6.45) is 0.756. The summed E-state index contributed by atoms with van der Waals surface area (Å²) in [7, 11) is 0. The third-order valence-electron chi connectivity index (χ3n) is 3.64. The Kier molecular flexibility index (Phi) is 5.04. The summed E-state index contributed by atoms with van der Waals surface area (Å²) in [6.45, 7) is 6.61. The molecule has 0 aromatic heterocycles. The molecule has 0 saturated heterocycles. The number of halogens is 2. The second-order valence-electron chi connectivity index (χ2n) is 6.42. The molecule has 2 rings (SSSR count).